The van der Waals surface area contributed by atoms with Crippen molar-refractivity contribution in [1.82, 2.24) is 4.98 Å². The molecule has 0 aliphatic heterocycles. The Kier molecular flexibility index (Phi) is 4.59. The largest absolute Gasteiger partial charge is 0.497 e. The highest BCUT2D eigenvalue weighted by Crippen LogP contribution is 2.29. The van der Waals surface area contributed by atoms with Crippen LogP contribution in [-0.2, 0) is 0 Å². The Balaban J connectivity index is 1.79. The molecule has 0 aliphatic carbocycles. The van der Waals surface area contributed by atoms with Crippen molar-refractivity contribution in [2.75, 3.05) is 19.5 Å². The second kappa shape index (κ2) is 6.80. The molecule has 0 fully saturated rings. The number of carbonyl (C=O) groups is 1. The molecule has 3 rings (SSSR count). The van der Waals surface area contributed by atoms with E-state index in [9.17, 15) is 4.79 Å². The van der Waals surface area contributed by atoms with Gasteiger partial charge in [0.05, 0.1) is 24.8 Å². The van der Waals surface area contributed by atoms with Gasteiger partial charge in [-0.05, 0) is 23.6 Å². The molecule has 1 aromatic carbocycles. The third kappa shape index (κ3) is 3.52. The van der Waals surface area contributed by atoms with Gasteiger partial charge in [-0.1, -0.05) is 6.07 Å². The Bertz CT molecular complexity index is 790. The van der Waals surface area contributed by atoms with E-state index in [1.807, 2.05) is 22.9 Å². The van der Waals surface area contributed by atoms with Gasteiger partial charge in [0, 0.05) is 17.0 Å². The Morgan fingerprint density at radius 2 is 1.87 bits per heavy atom. The summed E-state index contributed by atoms with van der Waals surface area (Å²) in [6.07, 6.45) is 0. The van der Waals surface area contributed by atoms with E-state index in [0.717, 1.165) is 10.6 Å². The molecule has 3 aromatic rings. The zero-order valence-corrected chi connectivity index (χ0v) is 14.2. The molecule has 5 nitrogen and oxygen atoms in total. The normalized spacial score (nSPS) is 10.3. The molecule has 0 saturated carbocycles. The minimum absolute atomic E-state index is 0.255. The molecule has 2 aromatic heterocycles. The van der Waals surface area contributed by atoms with Gasteiger partial charge in [0.25, 0.3) is 5.91 Å². The first kappa shape index (κ1) is 15.5. The number of benzene rings is 1. The molecule has 1 amide bonds. The van der Waals surface area contributed by atoms with Crippen molar-refractivity contribution in [3.63, 3.8) is 0 Å². The fourth-order valence-corrected chi connectivity index (χ4v) is 3.44. The molecule has 0 atom stereocenters. The zero-order chi connectivity index (χ0) is 16.2. The van der Waals surface area contributed by atoms with Crippen LogP contribution < -0.4 is 14.8 Å². The highest BCUT2D eigenvalue weighted by Gasteiger charge is 2.13. The van der Waals surface area contributed by atoms with Crippen LogP contribution in [0, 0.1) is 0 Å². The lowest BCUT2D eigenvalue weighted by molar-refractivity contribution is 0.102. The average molecular weight is 346 g/mol. The van der Waals surface area contributed by atoms with Gasteiger partial charge in [0.15, 0.2) is 5.13 Å². The van der Waals surface area contributed by atoms with Crippen molar-refractivity contribution in [3.05, 3.63) is 46.7 Å². The van der Waals surface area contributed by atoms with E-state index in [0.29, 0.717) is 22.2 Å². The molecule has 0 saturated heterocycles. The van der Waals surface area contributed by atoms with Gasteiger partial charge in [0.2, 0.25) is 0 Å². The van der Waals surface area contributed by atoms with E-state index < -0.39 is 0 Å². The van der Waals surface area contributed by atoms with E-state index >= 15 is 0 Å². The van der Waals surface area contributed by atoms with Gasteiger partial charge in [-0.25, -0.2) is 4.98 Å². The summed E-state index contributed by atoms with van der Waals surface area (Å²) in [5.74, 6) is 0.870. The number of rotatable bonds is 5. The van der Waals surface area contributed by atoms with Crippen LogP contribution in [0.15, 0.2) is 41.1 Å². The van der Waals surface area contributed by atoms with Gasteiger partial charge in [-0.15, -0.1) is 22.7 Å². The summed E-state index contributed by atoms with van der Waals surface area (Å²) in [5, 5.41) is 7.28. The second-order valence-electron chi connectivity index (χ2n) is 4.57. The van der Waals surface area contributed by atoms with Crippen molar-refractivity contribution in [3.8, 4) is 22.1 Å². The van der Waals surface area contributed by atoms with Crippen molar-refractivity contribution >= 4 is 33.7 Å². The lowest BCUT2D eigenvalue weighted by atomic mass is 10.2. The highest BCUT2D eigenvalue weighted by molar-refractivity contribution is 7.16. The molecular weight excluding hydrogens is 332 g/mol. The van der Waals surface area contributed by atoms with Crippen LogP contribution in [0.1, 0.15) is 10.4 Å². The average Bonchev–Trinajstić information content (AvgIpc) is 3.25. The predicted molar refractivity (Wildman–Crippen MR) is 92.9 cm³/mol. The second-order valence-corrected chi connectivity index (χ2v) is 6.38. The quantitative estimate of drug-likeness (QED) is 0.754. The molecule has 2 heterocycles. The minimum atomic E-state index is -0.255. The third-order valence-corrected chi connectivity index (χ3v) is 4.76. The highest BCUT2D eigenvalue weighted by atomic mass is 32.1. The summed E-state index contributed by atoms with van der Waals surface area (Å²) in [5.41, 5.74) is 1.32. The topological polar surface area (TPSA) is 60.5 Å². The van der Waals surface area contributed by atoms with Crippen molar-refractivity contribution in [2.45, 2.75) is 0 Å². The molecule has 0 radical (unpaired) electrons. The Morgan fingerprint density at radius 3 is 2.48 bits per heavy atom. The molecule has 0 unspecified atom stereocenters. The van der Waals surface area contributed by atoms with Crippen molar-refractivity contribution < 1.29 is 14.3 Å². The molecule has 23 heavy (non-hydrogen) atoms. The van der Waals surface area contributed by atoms with Crippen molar-refractivity contribution in [2.24, 2.45) is 0 Å². The van der Waals surface area contributed by atoms with E-state index in [4.69, 9.17) is 9.47 Å². The monoisotopic (exact) mass is 346 g/mol. The number of carbonyl (C=O) groups excluding carboxylic acids is 1. The molecule has 0 aliphatic rings. The fourth-order valence-electron chi connectivity index (χ4n) is 1.98. The number of ether oxygens (including phenoxy) is 2. The van der Waals surface area contributed by atoms with Gasteiger partial charge in [0.1, 0.15) is 11.5 Å². The first-order valence-electron chi connectivity index (χ1n) is 6.73. The van der Waals surface area contributed by atoms with E-state index in [-0.39, 0.29) is 5.91 Å². The van der Waals surface area contributed by atoms with Crippen LogP contribution in [0.3, 0.4) is 0 Å². The van der Waals surface area contributed by atoms with Crippen LogP contribution in [0.5, 0.6) is 11.5 Å². The molecule has 0 bridgehead atoms. The van der Waals surface area contributed by atoms with E-state index in [1.54, 1.807) is 43.8 Å². The predicted octanol–water partition coefficient (Wildman–Crippen LogP) is 4.14. The maximum atomic E-state index is 12.4. The molecule has 7 heteroatoms. The number of hydrogen-bond acceptors (Lipinski definition) is 6. The van der Waals surface area contributed by atoms with Crippen LogP contribution in [0.4, 0.5) is 5.13 Å². The fraction of sp³-hybridized carbons (Fsp3) is 0.125. The SMILES string of the molecule is COc1cc(OC)cc(C(=O)Nc2nc(-c3cccs3)cs2)c1. The molecule has 118 valence electrons. The zero-order valence-electron chi connectivity index (χ0n) is 12.5. The summed E-state index contributed by atoms with van der Waals surface area (Å²) in [7, 11) is 3.09. The van der Waals surface area contributed by atoms with Gasteiger partial charge in [-0.2, -0.15) is 0 Å². The Labute approximate surface area is 141 Å². The van der Waals surface area contributed by atoms with Gasteiger partial charge in [-0.3, -0.25) is 10.1 Å². The van der Waals surface area contributed by atoms with Crippen LogP contribution in [0.2, 0.25) is 0 Å². The first-order valence-corrected chi connectivity index (χ1v) is 8.49. The maximum Gasteiger partial charge on any atom is 0.257 e. The number of anilines is 1. The summed E-state index contributed by atoms with van der Waals surface area (Å²) >= 11 is 3.00. The number of thiazole rings is 1. The number of methoxy groups -OCH3 is 2. The van der Waals surface area contributed by atoms with Crippen LogP contribution >= 0.6 is 22.7 Å². The van der Waals surface area contributed by atoms with Gasteiger partial charge >= 0.3 is 0 Å². The minimum Gasteiger partial charge on any atom is -0.497 e. The maximum absolute atomic E-state index is 12.4. The summed E-state index contributed by atoms with van der Waals surface area (Å²) in [6.45, 7) is 0. The van der Waals surface area contributed by atoms with E-state index in [1.165, 1.54) is 11.3 Å². The molecule has 0 spiro atoms. The lowest BCUT2D eigenvalue weighted by Gasteiger charge is -2.08. The van der Waals surface area contributed by atoms with Crippen LogP contribution in [-0.4, -0.2) is 25.1 Å². The first-order chi connectivity index (χ1) is 11.2. The molecule has 1 N–H and O–H groups in total. The number of amides is 1. The Morgan fingerprint density at radius 1 is 1.13 bits per heavy atom. The van der Waals surface area contributed by atoms with Gasteiger partial charge < -0.3 is 9.47 Å². The van der Waals surface area contributed by atoms with E-state index in [2.05, 4.69) is 10.3 Å². The summed E-state index contributed by atoms with van der Waals surface area (Å²) < 4.78 is 10.4. The van der Waals surface area contributed by atoms with Crippen LogP contribution in [0.25, 0.3) is 10.6 Å². The lowest BCUT2D eigenvalue weighted by Crippen LogP contribution is -2.12. The number of hydrogen-bond donors (Lipinski definition) is 1. The number of aromatic nitrogens is 1. The Hall–Kier alpha value is -2.38. The third-order valence-electron chi connectivity index (χ3n) is 3.11. The standard InChI is InChI=1S/C16H14N2O3S2/c1-20-11-6-10(7-12(8-11)21-2)15(19)18-16-17-13(9-23-16)14-4-3-5-22-14/h3-9H,1-2H3,(H,17,18,19). The number of nitrogens with one attached hydrogen (secondary N) is 1. The molecular formula is C16H14N2O3S2. The smallest absolute Gasteiger partial charge is 0.257 e. The summed E-state index contributed by atoms with van der Waals surface area (Å²) in [4.78, 5) is 17.9. The van der Waals surface area contributed by atoms with Crippen molar-refractivity contribution in [1.29, 1.82) is 0 Å². The number of nitrogens with zero attached hydrogens (tertiary/aromatic N) is 1. The number of thiophene rings is 1. The summed E-state index contributed by atoms with van der Waals surface area (Å²) in [6, 6.07) is 9.00.